The molecule has 3 aliphatic rings. The van der Waals surface area contributed by atoms with Crippen LogP contribution in [0.3, 0.4) is 0 Å². The molecule has 4 rings (SSSR count). The minimum absolute atomic E-state index is 0.0371. The number of hydrogen-bond acceptors (Lipinski definition) is 5. The summed E-state index contributed by atoms with van der Waals surface area (Å²) in [6.07, 6.45) is 7.13. The number of fused-ring (bicyclic) bond motifs is 1. The van der Waals surface area contributed by atoms with Crippen LogP contribution in [0.25, 0.3) is 0 Å². The Labute approximate surface area is 171 Å². The van der Waals surface area contributed by atoms with Crippen molar-refractivity contribution in [2.24, 2.45) is 0 Å². The first-order valence-corrected chi connectivity index (χ1v) is 11.5. The molecule has 0 radical (unpaired) electrons. The van der Waals surface area contributed by atoms with Gasteiger partial charge in [-0.05, 0) is 63.7 Å². The molecule has 3 heterocycles. The Hall–Kier alpha value is -1.44. The van der Waals surface area contributed by atoms with E-state index < -0.39 is 0 Å². The van der Waals surface area contributed by atoms with E-state index in [-0.39, 0.29) is 18.4 Å². The summed E-state index contributed by atoms with van der Waals surface area (Å²) in [5.41, 5.74) is 1.33. The maximum atomic E-state index is 12.6. The highest BCUT2D eigenvalue weighted by molar-refractivity contribution is 7.14. The molecule has 1 atom stereocenters. The van der Waals surface area contributed by atoms with E-state index in [0.29, 0.717) is 6.04 Å². The highest BCUT2D eigenvalue weighted by Gasteiger charge is 2.28. The molecule has 1 aromatic rings. The quantitative estimate of drug-likeness (QED) is 0.828. The number of likely N-dealkylation sites (N-methyl/N-ethyl adjacent to an activating group) is 1. The molecule has 0 bridgehead atoms. The third kappa shape index (κ3) is 4.58. The smallest absolute Gasteiger partial charge is 0.261 e. The van der Waals surface area contributed by atoms with Gasteiger partial charge >= 0.3 is 0 Å². The molecule has 0 spiro atoms. The number of carbonyl (C=O) groups is 2. The van der Waals surface area contributed by atoms with E-state index in [0.717, 1.165) is 50.4 Å². The summed E-state index contributed by atoms with van der Waals surface area (Å²) in [4.78, 5) is 34.0. The van der Waals surface area contributed by atoms with Gasteiger partial charge in [0.1, 0.15) is 0 Å². The number of likely N-dealkylation sites (tertiary alicyclic amines) is 1. The maximum absolute atomic E-state index is 12.6. The molecule has 0 aromatic carbocycles. The van der Waals surface area contributed by atoms with Gasteiger partial charge in [0.15, 0.2) is 0 Å². The Morgan fingerprint density at radius 2 is 1.89 bits per heavy atom. The number of nitrogens with zero attached hydrogens (tertiary/aromatic N) is 3. The van der Waals surface area contributed by atoms with Crippen LogP contribution in [0.4, 0.5) is 0 Å². The minimum atomic E-state index is -0.100. The zero-order valence-corrected chi connectivity index (χ0v) is 17.7. The number of hydrogen-bond donors (Lipinski definition) is 1. The van der Waals surface area contributed by atoms with Crippen molar-refractivity contribution in [3.8, 4) is 0 Å². The third-order valence-corrected chi connectivity index (χ3v) is 7.64. The number of carbonyl (C=O) groups excluding carboxylic acids is 2. The van der Waals surface area contributed by atoms with Crippen LogP contribution in [-0.2, 0) is 17.6 Å². The molecule has 2 aliphatic heterocycles. The number of piperazine rings is 1. The summed E-state index contributed by atoms with van der Waals surface area (Å²) >= 11 is 1.60. The lowest BCUT2D eigenvalue weighted by Gasteiger charge is -2.42. The van der Waals surface area contributed by atoms with E-state index in [2.05, 4.69) is 22.2 Å². The van der Waals surface area contributed by atoms with E-state index in [4.69, 9.17) is 0 Å². The number of rotatable bonds is 4. The molecule has 2 saturated heterocycles. The molecule has 1 unspecified atom stereocenters. The molecule has 1 N–H and O–H groups in total. The fourth-order valence-corrected chi connectivity index (χ4v) is 5.90. The number of amides is 2. The first kappa shape index (κ1) is 19.9. The second kappa shape index (κ2) is 8.93. The highest BCUT2D eigenvalue weighted by Crippen LogP contribution is 2.29. The van der Waals surface area contributed by atoms with Crippen molar-refractivity contribution < 1.29 is 9.59 Å². The van der Waals surface area contributed by atoms with Gasteiger partial charge in [0.25, 0.3) is 5.91 Å². The number of aryl methyl sites for hydroxylation is 2. The Kier molecular flexibility index (Phi) is 6.33. The maximum Gasteiger partial charge on any atom is 0.261 e. The van der Waals surface area contributed by atoms with Crippen molar-refractivity contribution in [2.45, 2.75) is 44.6 Å². The predicted molar refractivity (Wildman–Crippen MR) is 112 cm³/mol. The van der Waals surface area contributed by atoms with Crippen molar-refractivity contribution in [1.29, 1.82) is 0 Å². The van der Waals surface area contributed by atoms with Crippen LogP contribution in [0, 0.1) is 0 Å². The molecule has 2 fully saturated rings. The summed E-state index contributed by atoms with van der Waals surface area (Å²) in [5, 5.41) is 2.85. The third-order valence-electron chi connectivity index (χ3n) is 6.40. The van der Waals surface area contributed by atoms with Gasteiger partial charge in [-0.2, -0.15) is 0 Å². The molecular weight excluding hydrogens is 372 g/mol. The standard InChI is InChI=1S/C21H32N4O2S/c1-23-8-4-6-17(15-23)24-9-11-25(12-10-24)20(26)14-22-21(27)19-13-16-5-2-3-7-18(16)28-19/h13,17H,2-12,14-15H2,1H3,(H,22,27). The number of piperidine rings is 1. The fourth-order valence-electron chi connectivity index (χ4n) is 4.73. The zero-order valence-electron chi connectivity index (χ0n) is 16.9. The second-order valence-corrected chi connectivity index (χ2v) is 9.56. The van der Waals surface area contributed by atoms with Gasteiger partial charge in [0, 0.05) is 43.6 Å². The fraction of sp³-hybridized carbons (Fsp3) is 0.714. The molecule has 2 amide bonds. The van der Waals surface area contributed by atoms with Gasteiger partial charge in [-0.3, -0.25) is 14.5 Å². The summed E-state index contributed by atoms with van der Waals surface area (Å²) in [5.74, 6) is -0.0632. The van der Waals surface area contributed by atoms with Crippen molar-refractivity contribution in [1.82, 2.24) is 20.0 Å². The van der Waals surface area contributed by atoms with E-state index >= 15 is 0 Å². The van der Waals surface area contributed by atoms with Crippen LogP contribution < -0.4 is 5.32 Å². The first-order valence-electron chi connectivity index (χ1n) is 10.7. The number of thiophene rings is 1. The first-order chi connectivity index (χ1) is 13.6. The normalized spacial score (nSPS) is 24.0. The molecule has 7 heteroatoms. The molecule has 1 aliphatic carbocycles. The van der Waals surface area contributed by atoms with Crippen LogP contribution in [0.2, 0.25) is 0 Å². The Morgan fingerprint density at radius 3 is 2.64 bits per heavy atom. The van der Waals surface area contributed by atoms with Crippen LogP contribution >= 0.6 is 11.3 Å². The van der Waals surface area contributed by atoms with Gasteiger partial charge in [-0.1, -0.05) is 0 Å². The number of nitrogens with one attached hydrogen (secondary N) is 1. The molecular formula is C21H32N4O2S. The molecule has 28 heavy (non-hydrogen) atoms. The van der Waals surface area contributed by atoms with E-state index in [1.54, 1.807) is 11.3 Å². The van der Waals surface area contributed by atoms with Crippen LogP contribution in [0.1, 0.15) is 45.8 Å². The Morgan fingerprint density at radius 1 is 1.11 bits per heavy atom. The van der Waals surface area contributed by atoms with Gasteiger partial charge < -0.3 is 15.1 Å². The summed E-state index contributed by atoms with van der Waals surface area (Å²) in [6.45, 7) is 5.85. The second-order valence-electron chi connectivity index (χ2n) is 8.42. The lowest BCUT2D eigenvalue weighted by molar-refractivity contribution is -0.132. The van der Waals surface area contributed by atoms with Crippen LogP contribution in [0.5, 0.6) is 0 Å². The van der Waals surface area contributed by atoms with Crippen molar-refractivity contribution in [2.75, 3.05) is 52.9 Å². The average Bonchev–Trinajstić information content (AvgIpc) is 3.16. The molecule has 154 valence electrons. The largest absolute Gasteiger partial charge is 0.342 e. The molecule has 0 saturated carbocycles. The van der Waals surface area contributed by atoms with Gasteiger partial charge in [-0.25, -0.2) is 0 Å². The van der Waals surface area contributed by atoms with Gasteiger partial charge in [0.05, 0.1) is 11.4 Å². The van der Waals surface area contributed by atoms with Crippen molar-refractivity contribution in [3.05, 3.63) is 21.4 Å². The van der Waals surface area contributed by atoms with Crippen molar-refractivity contribution in [3.63, 3.8) is 0 Å². The van der Waals surface area contributed by atoms with Crippen LogP contribution in [-0.4, -0.2) is 85.4 Å². The summed E-state index contributed by atoms with van der Waals surface area (Å²) < 4.78 is 0. The summed E-state index contributed by atoms with van der Waals surface area (Å²) in [6, 6.07) is 2.65. The highest BCUT2D eigenvalue weighted by atomic mass is 32.1. The molecule has 1 aromatic heterocycles. The van der Waals surface area contributed by atoms with Crippen molar-refractivity contribution >= 4 is 23.2 Å². The zero-order chi connectivity index (χ0) is 19.5. The predicted octanol–water partition coefficient (Wildman–Crippen LogP) is 1.60. The van der Waals surface area contributed by atoms with Crippen LogP contribution in [0.15, 0.2) is 6.07 Å². The van der Waals surface area contributed by atoms with E-state index in [1.807, 2.05) is 11.0 Å². The van der Waals surface area contributed by atoms with Gasteiger partial charge in [0.2, 0.25) is 5.91 Å². The monoisotopic (exact) mass is 404 g/mol. The topological polar surface area (TPSA) is 55.9 Å². The molecule has 6 nitrogen and oxygen atoms in total. The Bertz CT molecular complexity index is 688. The van der Waals surface area contributed by atoms with E-state index in [1.165, 1.54) is 42.7 Å². The minimum Gasteiger partial charge on any atom is -0.342 e. The van der Waals surface area contributed by atoms with E-state index in [9.17, 15) is 9.59 Å². The SMILES string of the molecule is CN1CCCC(N2CCN(C(=O)CNC(=O)c3cc4c(s3)CCCC4)CC2)C1. The van der Waals surface area contributed by atoms with Gasteiger partial charge in [-0.15, -0.1) is 11.3 Å². The average molecular weight is 405 g/mol. The lowest BCUT2D eigenvalue weighted by Crippen LogP contribution is -2.56. The summed E-state index contributed by atoms with van der Waals surface area (Å²) in [7, 11) is 2.19. The Balaban J connectivity index is 1.22. The lowest BCUT2D eigenvalue weighted by atomic mass is 9.99.